The van der Waals surface area contributed by atoms with Gasteiger partial charge in [0, 0.05) is 18.8 Å². The largest absolute Gasteiger partial charge is 0.395 e. The summed E-state index contributed by atoms with van der Waals surface area (Å²) in [5.41, 5.74) is 0. The Morgan fingerprint density at radius 3 is 2.81 bits per heavy atom. The van der Waals surface area contributed by atoms with Gasteiger partial charge in [0.2, 0.25) is 0 Å². The number of aliphatic hydroxyl groups is 1. The van der Waals surface area contributed by atoms with Crippen molar-refractivity contribution in [1.29, 1.82) is 0 Å². The van der Waals surface area contributed by atoms with Gasteiger partial charge in [0.05, 0.1) is 11.6 Å². The summed E-state index contributed by atoms with van der Waals surface area (Å²) in [4.78, 5) is 5.84. The van der Waals surface area contributed by atoms with Crippen LogP contribution in [-0.2, 0) is 0 Å². The number of pyridine rings is 1. The van der Waals surface area contributed by atoms with E-state index >= 15 is 0 Å². The Bertz CT molecular complexity index is 371. The van der Waals surface area contributed by atoms with Crippen LogP contribution in [0.1, 0.15) is 19.3 Å². The summed E-state index contributed by atoms with van der Waals surface area (Å²) in [7, 11) is 0. The first-order valence-corrected chi connectivity index (χ1v) is 5.78. The predicted molar refractivity (Wildman–Crippen MR) is 61.3 cm³/mol. The zero-order valence-corrected chi connectivity index (χ0v) is 9.62. The second-order valence-electron chi connectivity index (χ2n) is 3.96. The van der Waals surface area contributed by atoms with Gasteiger partial charge in [-0.25, -0.2) is 9.37 Å². The fraction of sp³-hybridized carbons (Fsp3) is 0.545. The molecule has 0 unspecified atom stereocenters. The number of nitrogens with zero attached hydrogens (tertiary/aromatic N) is 2. The molecule has 1 N–H and O–H groups in total. The van der Waals surface area contributed by atoms with Crippen molar-refractivity contribution in [3.05, 3.63) is 23.1 Å². The first-order valence-electron chi connectivity index (χ1n) is 5.41. The number of rotatable bonds is 4. The van der Waals surface area contributed by atoms with E-state index in [1.54, 1.807) is 0 Å². The topological polar surface area (TPSA) is 36.4 Å². The van der Waals surface area contributed by atoms with Crippen LogP contribution in [0, 0.1) is 5.82 Å². The SMILES string of the molecule is OCCN(c1ncc(Cl)cc1F)C1CCC1. The lowest BCUT2D eigenvalue weighted by atomic mass is 9.91. The number of anilines is 1. The quantitative estimate of drug-likeness (QED) is 0.882. The molecule has 1 fully saturated rings. The van der Waals surface area contributed by atoms with Crippen molar-refractivity contribution in [1.82, 2.24) is 4.98 Å². The van der Waals surface area contributed by atoms with Crippen molar-refractivity contribution < 1.29 is 9.50 Å². The molecule has 1 aliphatic rings. The molecule has 5 heteroatoms. The van der Waals surface area contributed by atoms with Crippen molar-refractivity contribution >= 4 is 17.4 Å². The summed E-state index contributed by atoms with van der Waals surface area (Å²) in [6.45, 7) is 0.413. The lowest BCUT2D eigenvalue weighted by Crippen LogP contribution is -2.42. The van der Waals surface area contributed by atoms with Gasteiger partial charge in [-0.1, -0.05) is 11.6 Å². The fourth-order valence-electron chi connectivity index (χ4n) is 1.89. The average molecular weight is 245 g/mol. The highest BCUT2D eigenvalue weighted by Gasteiger charge is 2.27. The van der Waals surface area contributed by atoms with E-state index in [9.17, 15) is 4.39 Å². The Hall–Kier alpha value is -0.870. The number of hydrogen-bond donors (Lipinski definition) is 1. The van der Waals surface area contributed by atoms with E-state index in [4.69, 9.17) is 16.7 Å². The minimum atomic E-state index is -0.423. The summed E-state index contributed by atoms with van der Waals surface area (Å²) in [5, 5.41) is 9.28. The maximum Gasteiger partial charge on any atom is 0.167 e. The van der Waals surface area contributed by atoms with Gasteiger partial charge in [0.25, 0.3) is 0 Å². The minimum Gasteiger partial charge on any atom is -0.395 e. The number of aromatic nitrogens is 1. The van der Waals surface area contributed by atoms with Crippen LogP contribution >= 0.6 is 11.6 Å². The van der Waals surface area contributed by atoms with Crippen molar-refractivity contribution in [3.63, 3.8) is 0 Å². The monoisotopic (exact) mass is 244 g/mol. The second-order valence-corrected chi connectivity index (χ2v) is 4.40. The van der Waals surface area contributed by atoms with E-state index < -0.39 is 5.82 Å². The maximum absolute atomic E-state index is 13.7. The van der Waals surface area contributed by atoms with Crippen LogP contribution in [0.4, 0.5) is 10.2 Å². The molecule has 0 atom stereocenters. The zero-order chi connectivity index (χ0) is 11.5. The molecule has 16 heavy (non-hydrogen) atoms. The van der Waals surface area contributed by atoms with Crippen LogP contribution in [0.25, 0.3) is 0 Å². The molecular formula is C11H14ClFN2O. The van der Waals surface area contributed by atoms with Crippen LogP contribution in [-0.4, -0.2) is 29.3 Å². The first kappa shape index (κ1) is 11.6. The molecule has 1 saturated carbocycles. The van der Waals surface area contributed by atoms with Crippen LogP contribution in [0.2, 0.25) is 5.02 Å². The van der Waals surface area contributed by atoms with E-state index in [1.165, 1.54) is 12.3 Å². The molecule has 88 valence electrons. The number of halogens is 2. The third-order valence-electron chi connectivity index (χ3n) is 2.92. The molecule has 0 aromatic carbocycles. The molecular weight excluding hydrogens is 231 g/mol. The first-order chi connectivity index (χ1) is 7.72. The smallest absolute Gasteiger partial charge is 0.167 e. The average Bonchev–Trinajstić information content (AvgIpc) is 2.14. The van der Waals surface area contributed by atoms with Gasteiger partial charge in [0.1, 0.15) is 0 Å². The van der Waals surface area contributed by atoms with Crippen LogP contribution in [0.15, 0.2) is 12.3 Å². The molecule has 1 aliphatic carbocycles. The summed E-state index contributed by atoms with van der Waals surface area (Å²) >= 11 is 5.66. The fourth-order valence-corrected chi connectivity index (χ4v) is 2.03. The van der Waals surface area contributed by atoms with Crippen molar-refractivity contribution in [2.24, 2.45) is 0 Å². The predicted octanol–water partition coefficient (Wildman–Crippen LogP) is 2.23. The Morgan fingerprint density at radius 1 is 1.56 bits per heavy atom. The van der Waals surface area contributed by atoms with Crippen LogP contribution < -0.4 is 4.90 Å². The van der Waals surface area contributed by atoms with Crippen LogP contribution in [0.3, 0.4) is 0 Å². The van der Waals surface area contributed by atoms with E-state index in [0.717, 1.165) is 19.3 Å². The van der Waals surface area contributed by atoms with Gasteiger partial charge >= 0.3 is 0 Å². The van der Waals surface area contributed by atoms with E-state index in [1.807, 2.05) is 4.90 Å². The molecule has 1 aromatic rings. The summed E-state index contributed by atoms with van der Waals surface area (Å²) in [5.74, 6) is -0.129. The normalized spacial score (nSPS) is 15.9. The molecule has 1 heterocycles. The van der Waals surface area contributed by atoms with Crippen molar-refractivity contribution in [3.8, 4) is 0 Å². The number of aliphatic hydroxyl groups excluding tert-OH is 1. The van der Waals surface area contributed by atoms with Gasteiger partial charge in [-0.3, -0.25) is 0 Å². The Balaban J connectivity index is 2.23. The summed E-state index contributed by atoms with van der Waals surface area (Å²) in [6.07, 6.45) is 4.65. The molecule has 0 aliphatic heterocycles. The molecule has 0 amide bonds. The van der Waals surface area contributed by atoms with Crippen LogP contribution in [0.5, 0.6) is 0 Å². The van der Waals surface area contributed by atoms with Gasteiger partial charge in [-0.2, -0.15) is 0 Å². The summed E-state index contributed by atoms with van der Waals surface area (Å²) < 4.78 is 13.7. The van der Waals surface area contributed by atoms with E-state index in [0.29, 0.717) is 23.4 Å². The molecule has 3 nitrogen and oxygen atoms in total. The Labute approximate surface area is 98.9 Å². The maximum atomic E-state index is 13.7. The third-order valence-corrected chi connectivity index (χ3v) is 3.12. The lowest BCUT2D eigenvalue weighted by molar-refractivity contribution is 0.282. The van der Waals surface area contributed by atoms with Crippen molar-refractivity contribution in [2.75, 3.05) is 18.1 Å². The lowest BCUT2D eigenvalue weighted by Gasteiger charge is -2.38. The third kappa shape index (κ3) is 2.28. The highest BCUT2D eigenvalue weighted by Crippen LogP contribution is 2.30. The molecule has 0 radical (unpaired) electrons. The van der Waals surface area contributed by atoms with Gasteiger partial charge in [-0.15, -0.1) is 0 Å². The highest BCUT2D eigenvalue weighted by molar-refractivity contribution is 6.30. The van der Waals surface area contributed by atoms with E-state index in [2.05, 4.69) is 4.98 Å². The molecule has 0 bridgehead atoms. The standard InChI is InChI=1S/C11H14ClFN2O/c12-8-6-10(13)11(14-7-8)15(4-5-16)9-2-1-3-9/h6-7,9,16H,1-5H2. The van der Waals surface area contributed by atoms with E-state index in [-0.39, 0.29) is 6.61 Å². The zero-order valence-electron chi connectivity index (χ0n) is 8.87. The molecule has 2 rings (SSSR count). The second kappa shape index (κ2) is 4.97. The van der Waals surface area contributed by atoms with Gasteiger partial charge < -0.3 is 10.0 Å². The van der Waals surface area contributed by atoms with Gasteiger partial charge in [0.15, 0.2) is 11.6 Å². The minimum absolute atomic E-state index is 0.000244. The Kier molecular flexibility index (Phi) is 3.61. The highest BCUT2D eigenvalue weighted by atomic mass is 35.5. The number of hydrogen-bond acceptors (Lipinski definition) is 3. The molecule has 1 aromatic heterocycles. The molecule has 0 saturated heterocycles. The summed E-state index contributed by atoms with van der Waals surface area (Å²) in [6, 6.07) is 1.56. The van der Waals surface area contributed by atoms with Gasteiger partial charge in [-0.05, 0) is 25.3 Å². The molecule has 0 spiro atoms. The van der Waals surface area contributed by atoms with Crippen molar-refractivity contribution in [2.45, 2.75) is 25.3 Å². The Morgan fingerprint density at radius 2 is 2.31 bits per heavy atom.